The fourth-order valence-electron chi connectivity index (χ4n) is 9.84. The highest BCUT2D eigenvalue weighted by Gasteiger charge is 2.52. The number of amides is 4. The molecule has 4 aromatic heterocycles. The standard InChI is InChI=1S/C53H55ClN10O9S/c1-25-28(4)74-52-44(25)46(32-11-13-34(54)14-12-32)59-39(48-62-61-29(5)64(48)52)22-43(66)58-35-19-38(20-35)72-37-15-16-41-33(17-37)18-42(73-41)50(68)60-47(53(6,70)71)51(69)63-23-36(65)21-40(63)49(67)57-26(2)30-7-9-31(10-8-30)45-27(3)55-24-56-45/h7-18,24,26,35-36,38-40,47,65,70-71H,19-23H2,1-6H3,(H,55,56)(H,57,67)(H,58,66)(H,60,68)/p+2/t26-,35?,36+,38?,39-,40-,47?/m0/s1/i70D,71D/hD2. The van der Waals surface area contributed by atoms with Crippen LogP contribution in [-0.2, 0) is 14.4 Å². The number of aliphatic hydroxyl groups is 1. The molecular formula is C53H57ClN10O9S+2. The van der Waals surface area contributed by atoms with E-state index in [1.54, 1.807) is 42.8 Å². The minimum absolute atomic E-state index is 0.0288. The number of ether oxygens (including phenoxy) is 1. The number of carbonyl (C=O) groups excluding carboxylic acids is 4. The molecule has 9 N–H and O–H groups in total. The van der Waals surface area contributed by atoms with Gasteiger partial charge in [-0.05, 0) is 82.1 Å². The average Bonchev–Trinajstić information content (AvgIpc) is 4.37. The second-order valence-corrected chi connectivity index (χ2v) is 21.1. The van der Waals surface area contributed by atoms with Crippen molar-refractivity contribution in [3.8, 4) is 22.0 Å². The maximum Gasteiger partial charge on any atom is 0.493 e. The second-order valence-electron chi connectivity index (χ2n) is 19.4. The Kier molecular flexibility index (Phi) is 12.2. The summed E-state index contributed by atoms with van der Waals surface area (Å²) in [4.78, 5) is 71.0. The van der Waals surface area contributed by atoms with Gasteiger partial charge in [0.2, 0.25) is 11.8 Å². The summed E-state index contributed by atoms with van der Waals surface area (Å²) in [7, 11) is 0. The van der Waals surface area contributed by atoms with Crippen molar-refractivity contribution in [1.29, 1.82) is 5.72 Å². The van der Waals surface area contributed by atoms with E-state index in [1.165, 1.54) is 6.07 Å². The number of halogens is 1. The molecule has 0 radical (unpaired) electrons. The van der Waals surface area contributed by atoms with Crippen molar-refractivity contribution in [1.82, 2.24) is 45.6 Å². The fourth-order valence-corrected chi connectivity index (χ4v) is 11.2. The van der Waals surface area contributed by atoms with E-state index in [-0.39, 0.29) is 48.8 Å². The number of aliphatic imine (C=N–C) groups is 1. The molecule has 0 spiro atoms. The Morgan fingerprint density at radius 1 is 1.00 bits per heavy atom. The minimum Gasteiger partial charge on any atom is -0.490 e. The second kappa shape index (κ2) is 19.9. The molecule has 5 atom stereocenters. The molecule has 2 aliphatic heterocycles. The van der Waals surface area contributed by atoms with Crippen molar-refractivity contribution in [2.75, 3.05) is 6.54 Å². The maximum absolute atomic E-state index is 14.6. The van der Waals surface area contributed by atoms with Gasteiger partial charge in [-0.15, -0.1) is 21.5 Å². The third-order valence-electron chi connectivity index (χ3n) is 14.0. The highest BCUT2D eigenvalue weighted by atomic mass is 35.5. The van der Waals surface area contributed by atoms with Gasteiger partial charge in [0.15, 0.2) is 11.6 Å². The summed E-state index contributed by atoms with van der Waals surface area (Å²) in [6, 6.07) is 16.6. The predicted octanol–water partition coefficient (Wildman–Crippen LogP) is 5.46. The lowest BCUT2D eigenvalue weighted by molar-refractivity contribution is -0.181. The number of carbonyl (C=O) groups is 4. The lowest BCUT2D eigenvalue weighted by Gasteiger charge is -2.36. The summed E-state index contributed by atoms with van der Waals surface area (Å²) < 4.78 is 46.6. The van der Waals surface area contributed by atoms with Gasteiger partial charge in [-0.1, -0.05) is 48.0 Å². The van der Waals surface area contributed by atoms with Crippen molar-refractivity contribution in [2.24, 2.45) is 4.99 Å². The van der Waals surface area contributed by atoms with Crippen molar-refractivity contribution in [2.45, 2.75) is 115 Å². The van der Waals surface area contributed by atoms with Crippen molar-refractivity contribution in [3.63, 3.8) is 0 Å². The van der Waals surface area contributed by atoms with Gasteiger partial charge in [-0.3, -0.25) is 28.7 Å². The number of H-pyrrole nitrogens is 1. The number of likely N-dealkylation sites (tertiary alicyclic amines) is 1. The Hall–Kier alpha value is -7.23. The Morgan fingerprint density at radius 3 is 2.46 bits per heavy atom. The number of aryl methyl sites for hydroxylation is 3. The molecule has 10 rings (SSSR count). The number of imidazole rings is 1. The molecule has 1 saturated carbocycles. The van der Waals surface area contributed by atoms with Gasteiger partial charge < -0.3 is 50.3 Å². The Balaban J connectivity index is 0.787. The van der Waals surface area contributed by atoms with Gasteiger partial charge in [0.1, 0.15) is 40.3 Å². The largest absolute Gasteiger partial charge is 0.493 e. The van der Waals surface area contributed by atoms with E-state index in [1.807, 2.05) is 66.9 Å². The van der Waals surface area contributed by atoms with Gasteiger partial charge in [0.05, 0.1) is 43.2 Å². The van der Waals surface area contributed by atoms with Crippen molar-refractivity contribution < 1.29 is 43.7 Å². The number of nitrogens with zero attached hydrogens (tertiary/aromatic N) is 6. The highest BCUT2D eigenvalue weighted by Crippen LogP contribution is 2.40. The normalized spacial score (nSPS) is 21.0. The summed E-state index contributed by atoms with van der Waals surface area (Å²) in [6.07, 6.45) is 1.08. The Bertz CT molecular complexity index is 3460. The summed E-state index contributed by atoms with van der Waals surface area (Å²) in [5, 5.41) is 32.0. The molecule has 7 aromatic rings. The van der Waals surface area contributed by atoms with Gasteiger partial charge in [-0.2, -0.15) is 0 Å². The van der Waals surface area contributed by atoms with Crippen LogP contribution in [0.4, 0.5) is 0 Å². The molecule has 0 bridgehead atoms. The number of rotatable bonds is 16. The molecule has 6 heterocycles. The van der Waals surface area contributed by atoms with E-state index in [4.69, 9.17) is 31.5 Å². The zero-order valence-corrected chi connectivity index (χ0v) is 42.8. The van der Waals surface area contributed by atoms with Gasteiger partial charge >= 0.3 is 11.5 Å². The van der Waals surface area contributed by atoms with Gasteiger partial charge in [0.25, 0.3) is 17.9 Å². The van der Waals surface area contributed by atoms with Gasteiger partial charge in [-0.25, -0.2) is 4.98 Å². The minimum atomic E-state index is -2.62. The van der Waals surface area contributed by atoms with E-state index in [2.05, 4.69) is 50.0 Å². The average molecular weight is 1050 g/mol. The molecule has 3 aliphatic rings. The van der Waals surface area contributed by atoms with Crippen LogP contribution in [0.1, 0.15) is 107 Å². The quantitative estimate of drug-likeness (QED) is 0.0602. The lowest BCUT2D eigenvalue weighted by atomic mass is 9.89. The summed E-state index contributed by atoms with van der Waals surface area (Å²) in [5.41, 5.74) is 7.25. The van der Waals surface area contributed by atoms with Crippen LogP contribution in [0, 0.1) is 27.7 Å². The summed E-state index contributed by atoms with van der Waals surface area (Å²) in [6.45, 7) is 10.3. The molecule has 4 amide bonds. The first kappa shape index (κ1) is 45.4. The summed E-state index contributed by atoms with van der Waals surface area (Å²) in [5.74, 6) is -4.08. The number of furan rings is 1. The number of aromatic nitrogens is 5. The van der Waals surface area contributed by atoms with Crippen LogP contribution in [-0.4, -0.2) is 123 Å². The molecule has 2 fully saturated rings. The van der Waals surface area contributed by atoms with Crippen LogP contribution in [0.15, 0.2) is 88.5 Å². The smallest absolute Gasteiger partial charge is 0.490 e. The molecule has 74 heavy (non-hydrogen) atoms. The number of benzene rings is 3. The number of hydrogen-bond donors (Lipinski definition) is 5. The van der Waals surface area contributed by atoms with Crippen molar-refractivity contribution >= 4 is 63.2 Å². The van der Waals surface area contributed by atoms with Crippen LogP contribution in [0.3, 0.4) is 0 Å². The van der Waals surface area contributed by atoms with Crippen molar-refractivity contribution in [3.05, 3.63) is 134 Å². The zero-order valence-electron chi connectivity index (χ0n) is 45.3. The molecule has 1 aliphatic carbocycles. The number of nitrogens with one attached hydrogen (secondary N) is 4. The first-order valence-electron chi connectivity index (χ1n) is 25.9. The summed E-state index contributed by atoms with van der Waals surface area (Å²) >= 11 is 7.90. The fraction of sp³-hybridized carbons (Fsp3) is 0.358. The first-order valence-corrected chi connectivity index (χ1v) is 25.5. The maximum atomic E-state index is 14.6. The number of hydrogen-bond acceptors (Lipinski definition) is 12. The van der Waals surface area contributed by atoms with Crippen LogP contribution in [0.2, 0.25) is 5.02 Å². The van der Waals surface area contributed by atoms with Crippen LogP contribution < -0.4 is 20.7 Å². The first-order chi connectivity index (χ1) is 37.2. The van der Waals surface area contributed by atoms with Crippen LogP contribution in [0.5, 0.6) is 5.75 Å². The van der Waals surface area contributed by atoms with E-state index < -0.39 is 53.8 Å². The SMILES string of the molecule is [2H][O+]([2H])C(C)(C(NC(=O)c1cc2cc(OC3CC(NC(=O)C[C@@H]4N=C(c5ccc(Cl)cc5)c5c(sc(C)c5C)-n5c(C)nnc54)C3)ccc2o1)C(=O)N1C[C@H](O)C[C@H]1C(=O)N[C@@H](C)c1ccc(-c2nc[nH]c2C)cc1)[O+]([2H])[2H]. The highest BCUT2D eigenvalue weighted by molar-refractivity contribution is 7.15. The molecule has 21 heteroatoms. The topological polar surface area (TPSA) is 268 Å². The third-order valence-corrected chi connectivity index (χ3v) is 15.4. The number of fused-ring (bicyclic) bond motifs is 4. The molecule has 384 valence electrons. The Morgan fingerprint density at radius 2 is 1.74 bits per heavy atom. The number of thiophene rings is 1. The van der Waals surface area contributed by atoms with E-state index in [9.17, 15) is 24.3 Å². The third kappa shape index (κ3) is 9.94. The Labute approximate surface area is 440 Å². The number of aromatic amines is 1. The molecule has 1 saturated heterocycles. The molecule has 19 nitrogen and oxygen atoms in total. The van der Waals surface area contributed by atoms with E-state index in [0.29, 0.717) is 40.6 Å². The van der Waals surface area contributed by atoms with E-state index in [0.717, 1.165) is 76.8 Å². The number of β-amino-alcohol motifs (C(OH)–C–C–N with tert-alkyl or cyclic N) is 1. The number of aliphatic hydroxyl groups excluding tert-OH is 1. The van der Waals surface area contributed by atoms with E-state index >= 15 is 0 Å². The lowest BCUT2D eigenvalue weighted by Crippen LogP contribution is -2.61. The molecule has 3 aromatic carbocycles. The monoisotopic (exact) mass is 1050 g/mol. The predicted molar refractivity (Wildman–Crippen MR) is 278 cm³/mol. The van der Waals surface area contributed by atoms with Crippen LogP contribution in [0.25, 0.3) is 27.2 Å². The van der Waals surface area contributed by atoms with Gasteiger partial charge in [0, 0.05) is 69.5 Å². The zero-order chi connectivity index (χ0) is 55.5. The molecular weight excluding hydrogens is 988 g/mol. The molecule has 1 unspecified atom stereocenters. The van der Waals surface area contributed by atoms with Crippen LogP contribution >= 0.6 is 22.9 Å².